The van der Waals surface area contributed by atoms with Crippen molar-refractivity contribution >= 4 is 22.8 Å². The fourth-order valence-corrected chi connectivity index (χ4v) is 4.41. The Balaban J connectivity index is 1.79. The second-order valence-corrected chi connectivity index (χ2v) is 10.0. The van der Waals surface area contributed by atoms with Gasteiger partial charge in [0.05, 0.1) is 11.8 Å². The molecule has 1 saturated carbocycles. The Bertz CT molecular complexity index is 1110. The lowest BCUT2D eigenvalue weighted by molar-refractivity contribution is -0.137. The normalized spacial score (nSPS) is 16.0. The van der Waals surface area contributed by atoms with Crippen LogP contribution in [0.25, 0.3) is 11.2 Å². The van der Waals surface area contributed by atoms with Crippen LogP contribution in [-0.4, -0.2) is 19.5 Å². The second-order valence-electron chi connectivity index (χ2n) is 10.0. The van der Waals surface area contributed by atoms with E-state index < -0.39 is 11.7 Å². The van der Waals surface area contributed by atoms with E-state index in [1.807, 2.05) is 0 Å². The van der Waals surface area contributed by atoms with Crippen LogP contribution in [-0.2, 0) is 12.6 Å². The molecule has 32 heavy (non-hydrogen) atoms. The van der Waals surface area contributed by atoms with Gasteiger partial charge in [-0.3, -0.25) is 4.57 Å². The highest BCUT2D eigenvalue weighted by atomic mass is 19.4. The number of imidazole rings is 1. The molecule has 0 unspecified atom stereocenters. The highest BCUT2D eigenvalue weighted by Gasteiger charge is 2.31. The zero-order valence-electron chi connectivity index (χ0n) is 19.1. The van der Waals surface area contributed by atoms with Crippen molar-refractivity contribution in [1.82, 2.24) is 19.5 Å². The van der Waals surface area contributed by atoms with Crippen molar-refractivity contribution in [3.8, 4) is 0 Å². The molecule has 0 bridgehead atoms. The minimum Gasteiger partial charge on any atom is -0.326 e. The standard InChI is InChI=1S/C24H30F3N5/c1-15-10-16(24(25,26)27)12-17(11-15)29-22-30-19-14-28-20(13-23(2,3)4)31-21(19)32(22)18-8-6-5-7-9-18/h10-12,14,18H,5-9,13H2,1-4H3,(H,29,30). The molecule has 1 fully saturated rings. The van der Waals surface area contributed by atoms with Crippen molar-refractivity contribution in [2.45, 2.75) is 78.4 Å². The summed E-state index contributed by atoms with van der Waals surface area (Å²) in [6.45, 7) is 8.08. The molecule has 0 spiro atoms. The van der Waals surface area contributed by atoms with Crippen LogP contribution in [0.2, 0.25) is 0 Å². The molecule has 3 aromatic rings. The molecule has 1 aliphatic carbocycles. The summed E-state index contributed by atoms with van der Waals surface area (Å²) in [7, 11) is 0. The molecule has 0 radical (unpaired) electrons. The van der Waals surface area contributed by atoms with E-state index in [1.165, 1.54) is 6.42 Å². The summed E-state index contributed by atoms with van der Waals surface area (Å²) < 4.78 is 42.1. The maximum Gasteiger partial charge on any atom is 0.416 e. The van der Waals surface area contributed by atoms with E-state index in [4.69, 9.17) is 4.98 Å². The molecule has 0 atom stereocenters. The molecule has 1 aromatic carbocycles. The van der Waals surface area contributed by atoms with Crippen LogP contribution < -0.4 is 5.32 Å². The fraction of sp³-hybridized carbons (Fsp3) is 0.542. The summed E-state index contributed by atoms with van der Waals surface area (Å²) in [6.07, 6.45) is 3.49. The molecule has 1 N–H and O–H groups in total. The molecule has 5 nitrogen and oxygen atoms in total. The summed E-state index contributed by atoms with van der Waals surface area (Å²) >= 11 is 0. The van der Waals surface area contributed by atoms with Gasteiger partial charge in [-0.05, 0) is 48.9 Å². The number of halogens is 3. The summed E-state index contributed by atoms with van der Waals surface area (Å²) in [4.78, 5) is 14.0. The Hall–Kier alpha value is -2.64. The minimum absolute atomic E-state index is 0.0417. The Labute approximate surface area is 186 Å². The molecule has 4 rings (SSSR count). The van der Waals surface area contributed by atoms with Crippen LogP contribution in [0.3, 0.4) is 0 Å². The Morgan fingerprint density at radius 3 is 2.41 bits per heavy atom. The van der Waals surface area contributed by atoms with Gasteiger partial charge < -0.3 is 5.32 Å². The van der Waals surface area contributed by atoms with Crippen molar-refractivity contribution in [2.24, 2.45) is 5.41 Å². The van der Waals surface area contributed by atoms with E-state index in [0.717, 1.165) is 55.7 Å². The zero-order valence-corrected chi connectivity index (χ0v) is 19.1. The average molecular weight is 446 g/mol. The van der Waals surface area contributed by atoms with E-state index in [9.17, 15) is 13.2 Å². The fourth-order valence-electron chi connectivity index (χ4n) is 4.41. The summed E-state index contributed by atoms with van der Waals surface area (Å²) in [6, 6.07) is 4.20. The largest absolute Gasteiger partial charge is 0.416 e. The van der Waals surface area contributed by atoms with Gasteiger partial charge in [0.1, 0.15) is 11.3 Å². The van der Waals surface area contributed by atoms with Gasteiger partial charge in [-0.2, -0.15) is 13.2 Å². The number of anilines is 2. The summed E-state index contributed by atoms with van der Waals surface area (Å²) in [5.74, 6) is 1.27. The van der Waals surface area contributed by atoms with Gasteiger partial charge in [-0.15, -0.1) is 0 Å². The number of alkyl halides is 3. The molecule has 0 saturated heterocycles. The van der Waals surface area contributed by atoms with E-state index in [0.29, 0.717) is 22.7 Å². The first-order chi connectivity index (χ1) is 15.0. The first kappa shape index (κ1) is 22.6. The van der Waals surface area contributed by atoms with Crippen LogP contribution in [0.15, 0.2) is 24.4 Å². The van der Waals surface area contributed by atoms with Crippen LogP contribution in [0.1, 0.15) is 75.9 Å². The van der Waals surface area contributed by atoms with Crippen molar-refractivity contribution in [1.29, 1.82) is 0 Å². The van der Waals surface area contributed by atoms with Gasteiger partial charge in [-0.25, -0.2) is 15.0 Å². The Morgan fingerprint density at radius 2 is 1.75 bits per heavy atom. The smallest absolute Gasteiger partial charge is 0.326 e. The topological polar surface area (TPSA) is 55.6 Å². The number of hydrogen-bond acceptors (Lipinski definition) is 4. The van der Waals surface area contributed by atoms with Crippen LogP contribution >= 0.6 is 0 Å². The second kappa shape index (κ2) is 8.37. The number of rotatable bonds is 4. The quantitative estimate of drug-likeness (QED) is 0.470. The number of benzene rings is 1. The maximum atomic E-state index is 13.3. The maximum absolute atomic E-state index is 13.3. The highest BCUT2D eigenvalue weighted by molar-refractivity contribution is 5.75. The minimum atomic E-state index is -4.40. The van der Waals surface area contributed by atoms with Crippen molar-refractivity contribution in [3.63, 3.8) is 0 Å². The van der Waals surface area contributed by atoms with Crippen LogP contribution in [0.5, 0.6) is 0 Å². The number of fused-ring (bicyclic) bond motifs is 1. The third-order valence-corrected chi connectivity index (χ3v) is 5.77. The van der Waals surface area contributed by atoms with Crippen molar-refractivity contribution in [2.75, 3.05) is 5.32 Å². The zero-order chi connectivity index (χ0) is 23.1. The first-order valence-corrected chi connectivity index (χ1v) is 11.2. The SMILES string of the molecule is Cc1cc(Nc2nc3cnc(CC(C)(C)C)nc3n2C2CCCCC2)cc(C(F)(F)F)c1. The lowest BCUT2D eigenvalue weighted by Crippen LogP contribution is -2.17. The van der Waals surface area contributed by atoms with Crippen LogP contribution in [0, 0.1) is 12.3 Å². The van der Waals surface area contributed by atoms with Crippen molar-refractivity contribution in [3.05, 3.63) is 41.3 Å². The molecular weight excluding hydrogens is 415 g/mol. The molecule has 8 heteroatoms. The molecule has 0 aliphatic heterocycles. The van der Waals surface area contributed by atoms with Gasteiger partial charge >= 0.3 is 6.18 Å². The number of aryl methyl sites for hydroxylation is 1. The predicted octanol–water partition coefficient (Wildman–Crippen LogP) is 6.99. The van der Waals surface area contributed by atoms with Gasteiger partial charge in [0.2, 0.25) is 5.95 Å². The van der Waals surface area contributed by atoms with Gasteiger partial charge in [0.15, 0.2) is 5.65 Å². The molecule has 172 valence electrons. The van der Waals surface area contributed by atoms with Crippen molar-refractivity contribution < 1.29 is 13.2 Å². The molecule has 2 aromatic heterocycles. The monoisotopic (exact) mass is 445 g/mol. The first-order valence-electron chi connectivity index (χ1n) is 11.2. The van der Waals surface area contributed by atoms with Gasteiger partial charge in [0, 0.05) is 18.2 Å². The highest BCUT2D eigenvalue weighted by Crippen LogP contribution is 2.36. The molecular formula is C24H30F3N5. The lowest BCUT2D eigenvalue weighted by Gasteiger charge is -2.25. The lowest BCUT2D eigenvalue weighted by atomic mass is 9.92. The third-order valence-electron chi connectivity index (χ3n) is 5.77. The Morgan fingerprint density at radius 1 is 1.03 bits per heavy atom. The summed E-state index contributed by atoms with van der Waals surface area (Å²) in [5.41, 5.74) is 1.67. The number of nitrogens with zero attached hydrogens (tertiary/aromatic N) is 4. The number of nitrogens with one attached hydrogen (secondary N) is 1. The average Bonchev–Trinajstić information content (AvgIpc) is 3.03. The van der Waals surface area contributed by atoms with Gasteiger partial charge in [-0.1, -0.05) is 40.0 Å². The van der Waals surface area contributed by atoms with E-state index in [-0.39, 0.29) is 11.5 Å². The molecule has 0 amide bonds. The van der Waals surface area contributed by atoms with E-state index in [1.54, 1.807) is 19.2 Å². The van der Waals surface area contributed by atoms with Gasteiger partial charge in [0.25, 0.3) is 0 Å². The molecule has 2 heterocycles. The van der Waals surface area contributed by atoms with Crippen LogP contribution in [0.4, 0.5) is 24.8 Å². The Kier molecular flexibility index (Phi) is 5.90. The van der Waals surface area contributed by atoms with E-state index >= 15 is 0 Å². The predicted molar refractivity (Wildman–Crippen MR) is 120 cm³/mol. The number of aromatic nitrogens is 4. The van der Waals surface area contributed by atoms with E-state index in [2.05, 4.69) is 40.6 Å². The summed E-state index contributed by atoms with van der Waals surface area (Å²) in [5, 5.41) is 3.16. The number of hydrogen-bond donors (Lipinski definition) is 1. The molecule has 1 aliphatic rings. The third kappa shape index (κ3) is 5.05.